The number of likely N-dealkylation sites (N-methyl/N-ethyl adjacent to an activating group) is 1. The van der Waals surface area contributed by atoms with Crippen LogP contribution in [0.1, 0.15) is 18.2 Å². The third-order valence-corrected chi connectivity index (χ3v) is 2.99. The van der Waals surface area contributed by atoms with Crippen LogP contribution in [0.5, 0.6) is 0 Å². The molecule has 0 fully saturated rings. The fourth-order valence-corrected chi connectivity index (χ4v) is 2.13. The van der Waals surface area contributed by atoms with Crippen LogP contribution >= 0.6 is 0 Å². The number of halogens is 2. The van der Waals surface area contributed by atoms with Crippen molar-refractivity contribution in [2.45, 2.75) is 25.8 Å². The highest BCUT2D eigenvalue weighted by Gasteiger charge is 2.12. The minimum absolute atomic E-state index is 0.140. The van der Waals surface area contributed by atoms with Gasteiger partial charge in [0.25, 0.3) is 0 Å². The van der Waals surface area contributed by atoms with Crippen molar-refractivity contribution in [3.05, 3.63) is 59.6 Å². The van der Waals surface area contributed by atoms with Crippen LogP contribution in [0.3, 0.4) is 0 Å². The molecule has 1 aromatic heterocycles. The molecular weight excluding hydrogens is 248 g/mol. The fraction of sp³-hybridized carbons (Fsp3) is 0.333. The minimum atomic E-state index is -0.810. The van der Waals surface area contributed by atoms with E-state index in [1.54, 1.807) is 12.3 Å². The van der Waals surface area contributed by atoms with Crippen LogP contribution in [0.25, 0.3) is 0 Å². The van der Waals surface area contributed by atoms with Crippen molar-refractivity contribution < 1.29 is 13.2 Å². The second kappa shape index (κ2) is 6.48. The molecule has 0 amide bonds. The molecule has 0 saturated carbocycles. The third-order valence-electron chi connectivity index (χ3n) is 2.99. The molecule has 0 bridgehead atoms. The Labute approximate surface area is 111 Å². The van der Waals surface area contributed by atoms with E-state index in [1.807, 2.05) is 19.1 Å². The van der Waals surface area contributed by atoms with Gasteiger partial charge in [-0.15, -0.1) is 0 Å². The van der Waals surface area contributed by atoms with Crippen molar-refractivity contribution in [2.75, 3.05) is 6.54 Å². The monoisotopic (exact) mass is 265 g/mol. The van der Waals surface area contributed by atoms with Gasteiger partial charge in [0.05, 0.1) is 6.26 Å². The Balaban J connectivity index is 2.05. The molecule has 0 spiro atoms. The Bertz CT molecular complexity index is 511. The SMILES string of the molecule is CCNC(Cc1ccc(F)c(F)c1)Cc1ccco1. The second-order valence-corrected chi connectivity index (χ2v) is 4.49. The lowest BCUT2D eigenvalue weighted by molar-refractivity contribution is 0.443. The predicted molar refractivity (Wildman–Crippen MR) is 69.9 cm³/mol. The molecule has 0 saturated heterocycles. The van der Waals surface area contributed by atoms with Crippen LogP contribution in [0.15, 0.2) is 41.0 Å². The van der Waals surface area contributed by atoms with E-state index >= 15 is 0 Å². The number of benzene rings is 1. The Morgan fingerprint density at radius 3 is 2.63 bits per heavy atom. The normalized spacial score (nSPS) is 12.6. The number of furan rings is 1. The summed E-state index contributed by atoms with van der Waals surface area (Å²) >= 11 is 0. The zero-order chi connectivity index (χ0) is 13.7. The van der Waals surface area contributed by atoms with E-state index in [9.17, 15) is 8.78 Å². The molecule has 1 N–H and O–H groups in total. The van der Waals surface area contributed by atoms with Gasteiger partial charge in [0.2, 0.25) is 0 Å². The molecule has 0 aliphatic rings. The zero-order valence-electron chi connectivity index (χ0n) is 10.8. The highest BCUT2D eigenvalue weighted by molar-refractivity contribution is 5.19. The molecule has 4 heteroatoms. The van der Waals surface area contributed by atoms with E-state index in [1.165, 1.54) is 12.1 Å². The van der Waals surface area contributed by atoms with Gasteiger partial charge in [-0.25, -0.2) is 8.78 Å². The molecule has 0 aliphatic heterocycles. The molecule has 102 valence electrons. The van der Waals surface area contributed by atoms with E-state index in [0.717, 1.165) is 24.3 Å². The maximum atomic E-state index is 13.2. The Morgan fingerprint density at radius 2 is 2.00 bits per heavy atom. The van der Waals surface area contributed by atoms with Gasteiger partial charge >= 0.3 is 0 Å². The summed E-state index contributed by atoms with van der Waals surface area (Å²) in [6, 6.07) is 7.93. The molecule has 1 aromatic carbocycles. The lowest BCUT2D eigenvalue weighted by Gasteiger charge is -2.17. The van der Waals surface area contributed by atoms with Gasteiger partial charge in [0, 0.05) is 12.5 Å². The van der Waals surface area contributed by atoms with E-state index in [0.29, 0.717) is 6.42 Å². The predicted octanol–water partition coefficient (Wildman–Crippen LogP) is 3.32. The van der Waals surface area contributed by atoms with Gasteiger partial charge in [-0.05, 0) is 42.8 Å². The van der Waals surface area contributed by atoms with Crippen molar-refractivity contribution >= 4 is 0 Å². The molecule has 1 heterocycles. The average Bonchev–Trinajstić information content (AvgIpc) is 2.87. The fourth-order valence-electron chi connectivity index (χ4n) is 2.13. The lowest BCUT2D eigenvalue weighted by atomic mass is 10.0. The Kier molecular flexibility index (Phi) is 4.68. The molecule has 2 nitrogen and oxygen atoms in total. The molecule has 2 rings (SSSR count). The summed E-state index contributed by atoms with van der Waals surface area (Å²) in [6.07, 6.45) is 2.99. The summed E-state index contributed by atoms with van der Waals surface area (Å²) in [5, 5.41) is 3.33. The standard InChI is InChI=1S/C15H17F2NO/c1-2-18-12(10-13-4-3-7-19-13)8-11-5-6-14(16)15(17)9-11/h3-7,9,12,18H,2,8,10H2,1H3. The zero-order valence-corrected chi connectivity index (χ0v) is 10.8. The highest BCUT2D eigenvalue weighted by atomic mass is 19.2. The lowest BCUT2D eigenvalue weighted by Crippen LogP contribution is -2.33. The van der Waals surface area contributed by atoms with Crippen molar-refractivity contribution in [1.82, 2.24) is 5.32 Å². The van der Waals surface area contributed by atoms with Gasteiger partial charge < -0.3 is 9.73 Å². The van der Waals surface area contributed by atoms with Crippen LogP contribution in [0.2, 0.25) is 0 Å². The first-order chi connectivity index (χ1) is 9.19. The maximum Gasteiger partial charge on any atom is 0.159 e. The molecule has 0 radical (unpaired) electrons. The molecular formula is C15H17F2NO. The summed E-state index contributed by atoms with van der Waals surface area (Å²) in [4.78, 5) is 0. The van der Waals surface area contributed by atoms with Crippen molar-refractivity contribution in [2.24, 2.45) is 0 Å². The molecule has 0 aliphatic carbocycles. The van der Waals surface area contributed by atoms with Crippen molar-refractivity contribution in [1.29, 1.82) is 0 Å². The average molecular weight is 265 g/mol. The van der Waals surface area contributed by atoms with Gasteiger partial charge in [-0.3, -0.25) is 0 Å². The van der Waals surface area contributed by atoms with Gasteiger partial charge in [0.1, 0.15) is 5.76 Å². The van der Waals surface area contributed by atoms with Crippen LogP contribution < -0.4 is 5.32 Å². The van der Waals surface area contributed by atoms with E-state index < -0.39 is 11.6 Å². The van der Waals surface area contributed by atoms with E-state index in [4.69, 9.17) is 4.42 Å². The third kappa shape index (κ3) is 3.89. The summed E-state index contributed by atoms with van der Waals surface area (Å²) in [5.74, 6) is -0.728. The highest BCUT2D eigenvalue weighted by Crippen LogP contribution is 2.13. The number of hydrogen-bond donors (Lipinski definition) is 1. The number of nitrogens with one attached hydrogen (secondary N) is 1. The molecule has 19 heavy (non-hydrogen) atoms. The molecule has 1 atom stereocenters. The van der Waals surface area contributed by atoms with Crippen molar-refractivity contribution in [3.8, 4) is 0 Å². The Hall–Kier alpha value is -1.68. The summed E-state index contributed by atoms with van der Waals surface area (Å²) in [6.45, 7) is 2.83. The number of hydrogen-bond acceptors (Lipinski definition) is 2. The van der Waals surface area contributed by atoms with E-state index in [-0.39, 0.29) is 6.04 Å². The number of rotatable bonds is 6. The van der Waals surface area contributed by atoms with Crippen LogP contribution in [0.4, 0.5) is 8.78 Å². The second-order valence-electron chi connectivity index (χ2n) is 4.49. The molecule has 2 aromatic rings. The smallest absolute Gasteiger partial charge is 0.159 e. The summed E-state index contributed by atoms with van der Waals surface area (Å²) in [7, 11) is 0. The maximum absolute atomic E-state index is 13.2. The van der Waals surface area contributed by atoms with Crippen LogP contribution in [-0.2, 0) is 12.8 Å². The van der Waals surface area contributed by atoms with E-state index in [2.05, 4.69) is 5.32 Å². The topological polar surface area (TPSA) is 25.2 Å². The molecule has 1 unspecified atom stereocenters. The minimum Gasteiger partial charge on any atom is -0.469 e. The summed E-state index contributed by atoms with van der Waals surface area (Å²) < 4.78 is 31.4. The van der Waals surface area contributed by atoms with Gasteiger partial charge in [-0.1, -0.05) is 13.0 Å². The van der Waals surface area contributed by atoms with Crippen LogP contribution in [0, 0.1) is 11.6 Å². The van der Waals surface area contributed by atoms with Gasteiger partial charge in [0.15, 0.2) is 11.6 Å². The quantitative estimate of drug-likeness (QED) is 0.866. The largest absolute Gasteiger partial charge is 0.469 e. The van der Waals surface area contributed by atoms with Crippen molar-refractivity contribution in [3.63, 3.8) is 0 Å². The van der Waals surface area contributed by atoms with Crippen LogP contribution in [-0.4, -0.2) is 12.6 Å². The Morgan fingerprint density at radius 1 is 1.16 bits per heavy atom. The first-order valence-electron chi connectivity index (χ1n) is 6.38. The first kappa shape index (κ1) is 13.7. The summed E-state index contributed by atoms with van der Waals surface area (Å²) in [5.41, 5.74) is 0.774. The van der Waals surface area contributed by atoms with Gasteiger partial charge in [-0.2, -0.15) is 0 Å². The first-order valence-corrected chi connectivity index (χ1v) is 6.38.